The fourth-order valence-corrected chi connectivity index (χ4v) is 3.30. The fourth-order valence-electron chi connectivity index (χ4n) is 2.90. The number of carboxylic acid groups (broad SMARTS) is 1. The van der Waals surface area contributed by atoms with Gasteiger partial charge in [-0.2, -0.15) is 0 Å². The summed E-state index contributed by atoms with van der Waals surface area (Å²) in [7, 11) is 1.55. The van der Waals surface area contributed by atoms with Crippen molar-refractivity contribution < 1.29 is 19.2 Å². The molecule has 116 valence electrons. The maximum Gasteiger partial charge on any atom is 0.374 e. The Hall–Kier alpha value is -2.01. The van der Waals surface area contributed by atoms with Crippen LogP contribution in [0.5, 0.6) is 5.75 Å². The lowest BCUT2D eigenvalue weighted by molar-refractivity contribution is 0.0652. The topological polar surface area (TPSA) is 72.6 Å². The number of hydrogen-bond acceptors (Lipinski definition) is 4. The van der Waals surface area contributed by atoms with E-state index in [0.29, 0.717) is 22.0 Å². The minimum atomic E-state index is -1.15. The van der Waals surface area contributed by atoms with E-state index in [1.54, 1.807) is 7.11 Å². The summed E-state index contributed by atoms with van der Waals surface area (Å²) >= 11 is 6.52. The summed E-state index contributed by atoms with van der Waals surface area (Å²) in [6, 6.07) is 3.38. The van der Waals surface area contributed by atoms with Crippen LogP contribution in [0.25, 0.3) is 11.3 Å². The molecule has 5 nitrogen and oxygen atoms in total. The number of ether oxygens (including phenoxy) is 1. The summed E-state index contributed by atoms with van der Waals surface area (Å²) in [5, 5.41) is 13.4. The van der Waals surface area contributed by atoms with Gasteiger partial charge in [-0.25, -0.2) is 4.79 Å². The Kier molecular flexibility index (Phi) is 4.07. The second-order valence-corrected chi connectivity index (χ2v) is 5.73. The minimum Gasteiger partial charge on any atom is -0.494 e. The van der Waals surface area contributed by atoms with Gasteiger partial charge in [-0.15, -0.1) is 0 Å². The number of aromatic nitrogens is 1. The van der Waals surface area contributed by atoms with Gasteiger partial charge in [0, 0.05) is 11.6 Å². The van der Waals surface area contributed by atoms with E-state index in [0.717, 1.165) is 31.2 Å². The van der Waals surface area contributed by atoms with Gasteiger partial charge in [0.2, 0.25) is 5.76 Å². The molecule has 6 heteroatoms. The molecule has 0 spiro atoms. The van der Waals surface area contributed by atoms with Crippen LogP contribution in [0.15, 0.2) is 16.7 Å². The largest absolute Gasteiger partial charge is 0.494 e. The predicted octanol–water partition coefficient (Wildman–Crippen LogP) is 3.97. The Bertz CT molecular complexity index is 723. The number of nitrogens with zero attached hydrogens (tertiary/aromatic N) is 1. The van der Waals surface area contributed by atoms with Crippen molar-refractivity contribution >= 4 is 17.6 Å². The lowest BCUT2D eigenvalue weighted by Gasteiger charge is -2.15. The lowest BCUT2D eigenvalue weighted by atomic mass is 9.97. The van der Waals surface area contributed by atoms with E-state index in [9.17, 15) is 4.79 Å². The average molecular weight is 322 g/mol. The lowest BCUT2D eigenvalue weighted by Crippen LogP contribution is -1.99. The number of benzene rings is 1. The van der Waals surface area contributed by atoms with Crippen LogP contribution in [0.3, 0.4) is 0 Å². The Morgan fingerprint density at radius 1 is 1.32 bits per heavy atom. The molecule has 0 saturated carbocycles. The van der Waals surface area contributed by atoms with Crippen LogP contribution >= 0.6 is 11.6 Å². The predicted molar refractivity (Wildman–Crippen MR) is 81.7 cm³/mol. The van der Waals surface area contributed by atoms with Crippen LogP contribution in [-0.4, -0.2) is 23.3 Å². The number of fused-ring (bicyclic) bond motifs is 1. The molecule has 0 bridgehead atoms. The number of halogens is 1. The van der Waals surface area contributed by atoms with E-state index in [4.69, 9.17) is 26.0 Å². The smallest absolute Gasteiger partial charge is 0.374 e. The van der Waals surface area contributed by atoms with Crippen molar-refractivity contribution in [2.24, 2.45) is 0 Å². The fraction of sp³-hybridized carbons (Fsp3) is 0.375. The molecule has 1 heterocycles. The molecule has 0 atom stereocenters. The Morgan fingerprint density at radius 3 is 2.77 bits per heavy atom. The quantitative estimate of drug-likeness (QED) is 0.866. The molecule has 0 unspecified atom stereocenters. The van der Waals surface area contributed by atoms with Crippen LogP contribution < -0.4 is 4.74 Å². The van der Waals surface area contributed by atoms with Crippen LogP contribution in [0.4, 0.5) is 0 Å². The molecular formula is C16H16ClNO4. The maximum absolute atomic E-state index is 11.0. The zero-order chi connectivity index (χ0) is 15.7. The van der Waals surface area contributed by atoms with Crippen molar-refractivity contribution in [3.63, 3.8) is 0 Å². The highest BCUT2D eigenvalue weighted by molar-refractivity contribution is 6.33. The van der Waals surface area contributed by atoms with Crippen molar-refractivity contribution in [1.29, 1.82) is 0 Å². The zero-order valence-corrected chi connectivity index (χ0v) is 12.9. The number of methoxy groups -OCH3 is 1. The van der Waals surface area contributed by atoms with Gasteiger partial charge in [-0.05, 0) is 42.9 Å². The Balaban J connectivity index is 2.15. The highest BCUT2D eigenvalue weighted by atomic mass is 35.5. The summed E-state index contributed by atoms with van der Waals surface area (Å²) in [5.41, 5.74) is 3.40. The van der Waals surface area contributed by atoms with E-state index in [-0.39, 0.29) is 5.76 Å². The normalized spacial score (nSPS) is 14.3. The molecule has 0 saturated heterocycles. The van der Waals surface area contributed by atoms with Gasteiger partial charge in [-0.1, -0.05) is 23.2 Å². The first-order valence-electron chi connectivity index (χ1n) is 7.20. The van der Waals surface area contributed by atoms with E-state index in [1.807, 2.05) is 6.07 Å². The van der Waals surface area contributed by atoms with Gasteiger partial charge in [0.15, 0.2) is 0 Å². The first kappa shape index (κ1) is 14.9. The highest BCUT2D eigenvalue weighted by Gasteiger charge is 2.22. The molecule has 0 aliphatic heterocycles. The van der Waals surface area contributed by atoms with Crippen molar-refractivity contribution in [2.75, 3.05) is 7.11 Å². The van der Waals surface area contributed by atoms with Crippen LogP contribution in [0.2, 0.25) is 5.02 Å². The first-order chi connectivity index (χ1) is 10.6. The van der Waals surface area contributed by atoms with Crippen LogP contribution in [0, 0.1) is 0 Å². The van der Waals surface area contributed by atoms with Crippen LogP contribution in [0.1, 0.15) is 40.9 Å². The van der Waals surface area contributed by atoms with Crippen molar-refractivity contribution in [3.8, 4) is 17.0 Å². The Labute approximate surface area is 132 Å². The van der Waals surface area contributed by atoms with Gasteiger partial charge in [0.25, 0.3) is 0 Å². The number of carbonyl (C=O) groups is 1. The molecule has 2 aromatic rings. The third kappa shape index (κ3) is 2.57. The number of hydrogen-bond donors (Lipinski definition) is 1. The van der Waals surface area contributed by atoms with E-state index >= 15 is 0 Å². The van der Waals surface area contributed by atoms with Gasteiger partial charge in [0.1, 0.15) is 11.4 Å². The number of aryl methyl sites for hydroxylation is 1. The number of aromatic carboxylic acids is 1. The molecule has 1 aromatic carbocycles. The van der Waals surface area contributed by atoms with E-state index in [1.165, 1.54) is 18.1 Å². The third-order valence-electron chi connectivity index (χ3n) is 3.99. The molecule has 0 radical (unpaired) electrons. The summed E-state index contributed by atoms with van der Waals surface area (Å²) in [6.45, 7) is 0. The molecule has 1 aromatic heterocycles. The second-order valence-electron chi connectivity index (χ2n) is 5.35. The van der Waals surface area contributed by atoms with E-state index in [2.05, 4.69) is 5.16 Å². The molecule has 1 aliphatic rings. The summed E-state index contributed by atoms with van der Waals surface area (Å²) in [6.07, 6.45) is 5.30. The second kappa shape index (κ2) is 6.01. The average Bonchev–Trinajstić information content (AvgIpc) is 2.87. The summed E-state index contributed by atoms with van der Waals surface area (Å²) in [4.78, 5) is 11.0. The third-order valence-corrected chi connectivity index (χ3v) is 4.39. The van der Waals surface area contributed by atoms with Gasteiger partial charge in [-0.3, -0.25) is 0 Å². The molecular weight excluding hydrogens is 306 g/mol. The molecule has 1 N–H and O–H groups in total. The molecule has 1 aliphatic carbocycles. The van der Waals surface area contributed by atoms with Crippen molar-refractivity contribution in [3.05, 3.63) is 34.0 Å². The first-order valence-corrected chi connectivity index (χ1v) is 7.58. The molecule has 3 rings (SSSR count). The molecule has 0 fully saturated rings. The Morgan fingerprint density at radius 2 is 2.09 bits per heavy atom. The SMILES string of the molecule is COc1c(-c2cc(C(=O)O)on2)cc2c(c1Cl)CCCCC2. The highest BCUT2D eigenvalue weighted by Crippen LogP contribution is 2.42. The van der Waals surface area contributed by atoms with Crippen molar-refractivity contribution in [2.45, 2.75) is 32.1 Å². The maximum atomic E-state index is 11.0. The zero-order valence-electron chi connectivity index (χ0n) is 12.2. The van der Waals surface area contributed by atoms with Gasteiger partial charge >= 0.3 is 5.97 Å². The summed E-state index contributed by atoms with van der Waals surface area (Å²) in [5.74, 6) is -0.839. The van der Waals surface area contributed by atoms with Gasteiger partial charge < -0.3 is 14.4 Å². The molecule has 22 heavy (non-hydrogen) atoms. The standard InChI is InChI=1S/C16H16ClNO4/c1-21-15-11(12-8-13(16(19)20)22-18-12)7-9-5-3-2-4-6-10(9)14(15)17/h7-8H,2-6H2,1H3,(H,19,20). The monoisotopic (exact) mass is 321 g/mol. The van der Waals surface area contributed by atoms with Crippen molar-refractivity contribution in [1.82, 2.24) is 5.16 Å². The number of carboxylic acids is 1. The summed E-state index contributed by atoms with van der Waals surface area (Å²) < 4.78 is 10.3. The van der Waals surface area contributed by atoms with Gasteiger partial charge in [0.05, 0.1) is 12.1 Å². The number of rotatable bonds is 3. The van der Waals surface area contributed by atoms with E-state index < -0.39 is 5.97 Å². The van der Waals surface area contributed by atoms with Crippen LogP contribution in [-0.2, 0) is 12.8 Å². The molecule has 0 amide bonds. The minimum absolute atomic E-state index is 0.205.